The van der Waals surface area contributed by atoms with E-state index < -0.39 is 0 Å². The molecule has 68 valence electrons. The van der Waals surface area contributed by atoms with Crippen molar-refractivity contribution >= 4 is 11.4 Å². The number of hydrogen-bond acceptors (Lipinski definition) is 4. The first-order valence-corrected chi connectivity index (χ1v) is 3.76. The third-order valence-electron chi connectivity index (χ3n) is 1.59. The Morgan fingerprint density at radius 1 is 1.69 bits per heavy atom. The summed E-state index contributed by atoms with van der Waals surface area (Å²) in [5.41, 5.74) is 3.63. The third-order valence-corrected chi connectivity index (χ3v) is 1.59. The van der Waals surface area contributed by atoms with Crippen LogP contribution in [0.25, 0.3) is 0 Å². The minimum Gasteiger partial charge on any atom is -0.298 e. The first kappa shape index (κ1) is 9.41. The number of aromatic nitrogens is 1. The van der Waals surface area contributed by atoms with E-state index in [1.165, 1.54) is 0 Å². The van der Waals surface area contributed by atoms with Crippen LogP contribution in [0.15, 0.2) is 30.5 Å². The van der Waals surface area contributed by atoms with Crippen LogP contribution in [-0.4, -0.2) is 15.9 Å². The Bertz CT molecular complexity index is 346. The number of rotatable bonds is 3. The average Bonchev–Trinajstić information content (AvgIpc) is 2.16. The van der Waals surface area contributed by atoms with E-state index in [4.69, 9.17) is 10.6 Å². The van der Waals surface area contributed by atoms with Gasteiger partial charge in [0.05, 0.1) is 11.4 Å². The van der Waals surface area contributed by atoms with E-state index in [-0.39, 0.29) is 5.71 Å². The molecule has 0 aliphatic rings. The Labute approximate surface area is 76.4 Å². The summed E-state index contributed by atoms with van der Waals surface area (Å²) in [6.45, 7) is 5.35. The molecule has 1 aromatic heterocycles. The molecule has 0 spiro atoms. The minimum absolute atomic E-state index is 0.220. The van der Waals surface area contributed by atoms with Crippen LogP contribution in [0.2, 0.25) is 0 Å². The van der Waals surface area contributed by atoms with E-state index in [1.54, 1.807) is 25.3 Å². The van der Waals surface area contributed by atoms with Crippen molar-refractivity contribution in [1.82, 2.24) is 4.98 Å². The molecule has 0 saturated carbocycles. The Morgan fingerprint density at radius 3 is 2.92 bits per heavy atom. The zero-order chi connectivity index (χ0) is 9.84. The van der Waals surface area contributed by atoms with Crippen LogP contribution in [-0.2, 0) is 0 Å². The van der Waals surface area contributed by atoms with Gasteiger partial charge in [0.15, 0.2) is 0 Å². The fourth-order valence-corrected chi connectivity index (χ4v) is 0.897. The van der Waals surface area contributed by atoms with Crippen molar-refractivity contribution in [2.75, 3.05) is 5.48 Å². The van der Waals surface area contributed by atoms with Gasteiger partial charge in [0.2, 0.25) is 0 Å². The highest BCUT2D eigenvalue weighted by Crippen LogP contribution is 2.14. The van der Waals surface area contributed by atoms with Gasteiger partial charge < -0.3 is 0 Å². The van der Waals surface area contributed by atoms with Crippen molar-refractivity contribution in [3.8, 4) is 0 Å². The second-order valence-electron chi connectivity index (χ2n) is 2.67. The SMILES string of the molecule is C=C(C)C(=N)c1ncccc1NO. The van der Waals surface area contributed by atoms with Gasteiger partial charge in [0, 0.05) is 6.20 Å². The van der Waals surface area contributed by atoms with Crippen molar-refractivity contribution in [2.24, 2.45) is 0 Å². The molecule has 3 N–H and O–H groups in total. The molecule has 1 aromatic rings. The van der Waals surface area contributed by atoms with Crippen LogP contribution < -0.4 is 5.48 Å². The molecule has 13 heavy (non-hydrogen) atoms. The van der Waals surface area contributed by atoms with Gasteiger partial charge in [-0.1, -0.05) is 6.58 Å². The summed E-state index contributed by atoms with van der Waals surface area (Å²) in [4.78, 5) is 3.96. The zero-order valence-electron chi connectivity index (χ0n) is 7.33. The predicted molar refractivity (Wildman–Crippen MR) is 51.3 cm³/mol. The van der Waals surface area contributed by atoms with E-state index >= 15 is 0 Å². The summed E-state index contributed by atoms with van der Waals surface area (Å²) in [6.07, 6.45) is 1.56. The molecule has 1 rings (SSSR count). The van der Waals surface area contributed by atoms with E-state index in [2.05, 4.69) is 11.6 Å². The molecule has 0 unspecified atom stereocenters. The fourth-order valence-electron chi connectivity index (χ4n) is 0.897. The van der Waals surface area contributed by atoms with E-state index in [0.29, 0.717) is 17.0 Å². The summed E-state index contributed by atoms with van der Waals surface area (Å²) in [7, 11) is 0. The smallest absolute Gasteiger partial charge is 0.113 e. The molecule has 0 amide bonds. The Hall–Kier alpha value is -1.68. The number of anilines is 1. The first-order chi connectivity index (χ1) is 6.16. The molecular weight excluding hydrogens is 166 g/mol. The van der Waals surface area contributed by atoms with Gasteiger partial charge in [-0.25, -0.2) is 0 Å². The number of hydrogen-bond donors (Lipinski definition) is 3. The molecule has 4 nitrogen and oxygen atoms in total. The largest absolute Gasteiger partial charge is 0.298 e. The second-order valence-corrected chi connectivity index (χ2v) is 2.67. The van der Waals surface area contributed by atoms with Gasteiger partial charge in [-0.05, 0) is 24.6 Å². The first-order valence-electron chi connectivity index (χ1n) is 3.76. The summed E-state index contributed by atoms with van der Waals surface area (Å²) >= 11 is 0. The highest BCUT2D eigenvalue weighted by atomic mass is 16.5. The highest BCUT2D eigenvalue weighted by Gasteiger charge is 2.08. The van der Waals surface area contributed by atoms with E-state index in [9.17, 15) is 0 Å². The minimum atomic E-state index is 0.220. The molecule has 0 aromatic carbocycles. The second kappa shape index (κ2) is 3.82. The summed E-state index contributed by atoms with van der Waals surface area (Å²) in [5, 5.41) is 16.3. The summed E-state index contributed by atoms with van der Waals surface area (Å²) < 4.78 is 0. The molecule has 1 heterocycles. The van der Waals surface area contributed by atoms with Gasteiger partial charge in [-0.15, -0.1) is 0 Å². The molecule has 0 radical (unpaired) electrons. The molecule has 0 fully saturated rings. The van der Waals surface area contributed by atoms with Crippen LogP contribution in [0.3, 0.4) is 0 Å². The predicted octanol–water partition coefficient (Wildman–Crippen LogP) is 1.83. The van der Waals surface area contributed by atoms with Crippen molar-refractivity contribution < 1.29 is 5.21 Å². The lowest BCUT2D eigenvalue weighted by Gasteiger charge is -2.06. The van der Waals surface area contributed by atoms with E-state index in [0.717, 1.165) is 0 Å². The fraction of sp³-hybridized carbons (Fsp3) is 0.111. The number of nitrogens with one attached hydrogen (secondary N) is 2. The molecule has 4 heteroatoms. The standard InChI is InChI=1S/C9H11N3O/c1-6(2)8(10)9-7(12-13)4-3-5-11-9/h3-5,10,12-13H,1H2,2H3. The molecule has 0 aliphatic carbocycles. The normalized spacial score (nSPS) is 9.38. The van der Waals surface area contributed by atoms with Crippen molar-refractivity contribution in [1.29, 1.82) is 5.41 Å². The van der Waals surface area contributed by atoms with Crippen LogP contribution in [0, 0.1) is 5.41 Å². The number of pyridine rings is 1. The Kier molecular flexibility index (Phi) is 2.76. The molecule has 0 saturated heterocycles. The Morgan fingerprint density at radius 2 is 2.38 bits per heavy atom. The lowest BCUT2D eigenvalue weighted by atomic mass is 10.1. The lowest BCUT2D eigenvalue weighted by molar-refractivity contribution is 0.388. The zero-order valence-corrected chi connectivity index (χ0v) is 7.33. The van der Waals surface area contributed by atoms with Crippen LogP contribution >= 0.6 is 0 Å². The Balaban J connectivity index is 3.13. The number of nitrogens with zero attached hydrogens (tertiary/aromatic N) is 1. The maximum atomic E-state index is 8.73. The van der Waals surface area contributed by atoms with Crippen molar-refractivity contribution in [3.63, 3.8) is 0 Å². The number of allylic oxidation sites excluding steroid dienone is 1. The van der Waals surface area contributed by atoms with Crippen molar-refractivity contribution in [2.45, 2.75) is 6.92 Å². The van der Waals surface area contributed by atoms with Crippen molar-refractivity contribution in [3.05, 3.63) is 36.2 Å². The lowest BCUT2D eigenvalue weighted by Crippen LogP contribution is -2.07. The summed E-state index contributed by atoms with van der Waals surface area (Å²) in [6, 6.07) is 3.31. The average molecular weight is 177 g/mol. The molecular formula is C9H11N3O. The molecule has 0 atom stereocenters. The molecule has 0 aliphatic heterocycles. The van der Waals surface area contributed by atoms with Gasteiger partial charge >= 0.3 is 0 Å². The van der Waals surface area contributed by atoms with E-state index in [1.807, 2.05) is 5.48 Å². The van der Waals surface area contributed by atoms with Gasteiger partial charge in [0.25, 0.3) is 0 Å². The van der Waals surface area contributed by atoms with Gasteiger partial charge in [-0.2, -0.15) is 0 Å². The quantitative estimate of drug-likeness (QED) is 0.487. The topological polar surface area (TPSA) is 69.0 Å². The maximum Gasteiger partial charge on any atom is 0.113 e. The molecule has 0 bridgehead atoms. The monoisotopic (exact) mass is 177 g/mol. The van der Waals surface area contributed by atoms with Gasteiger partial charge in [0.1, 0.15) is 5.69 Å². The van der Waals surface area contributed by atoms with Crippen LogP contribution in [0.4, 0.5) is 5.69 Å². The highest BCUT2D eigenvalue weighted by molar-refractivity contribution is 6.11. The summed E-state index contributed by atoms with van der Waals surface area (Å²) in [5.74, 6) is 0. The van der Waals surface area contributed by atoms with Crippen LogP contribution in [0.5, 0.6) is 0 Å². The third kappa shape index (κ3) is 1.91. The maximum absolute atomic E-state index is 8.73. The van der Waals surface area contributed by atoms with Gasteiger partial charge in [-0.3, -0.25) is 21.1 Å². The van der Waals surface area contributed by atoms with Crippen LogP contribution in [0.1, 0.15) is 12.6 Å².